The fourth-order valence-corrected chi connectivity index (χ4v) is 12.5. The van der Waals surface area contributed by atoms with E-state index >= 15 is 0 Å². The number of carbonyl (C=O) groups excluding carboxylic acids is 1. The fourth-order valence-electron chi connectivity index (χ4n) is 12.5. The highest BCUT2D eigenvalue weighted by molar-refractivity contribution is 5.77. The predicted octanol–water partition coefficient (Wildman–Crippen LogP) is -5.88. The van der Waals surface area contributed by atoms with Crippen LogP contribution in [0.2, 0.25) is 0 Å². The summed E-state index contributed by atoms with van der Waals surface area (Å²) in [6, 6.07) is 0. The second kappa shape index (κ2) is 21.0. The number of fused-ring (bicyclic) bond motifs is 3. The van der Waals surface area contributed by atoms with Crippen LogP contribution >= 0.6 is 0 Å². The van der Waals surface area contributed by atoms with Gasteiger partial charge in [0.1, 0.15) is 91.6 Å². The van der Waals surface area contributed by atoms with Crippen molar-refractivity contribution in [3.8, 4) is 0 Å². The van der Waals surface area contributed by atoms with Crippen LogP contribution in [0.25, 0.3) is 0 Å². The van der Waals surface area contributed by atoms with Gasteiger partial charge in [-0.1, -0.05) is 19.9 Å². The summed E-state index contributed by atoms with van der Waals surface area (Å²) in [5.41, 5.74) is -1.80. The SMILES string of the molecule is C=C1C[C@@]23CC[C@H]4[C@@](C)(CCC[C@@]4(C)C(=O)O[C@@H]4O[C@H](CO)[C@@H](O)[C@H](O)[C@H]4O)[C@@H]2CC[C@]1(O[C@@H]1O[C@H](CO)[C@@H](O)[C@H](O)[C@H]1O[C@@H]1O[C@H](CO)[C@@H](O)[C@H](O)[C@H]1O)C3.OC[C@@H](O)C(O)[C@@H](O)CO. The summed E-state index contributed by atoms with van der Waals surface area (Å²) in [5.74, 6) is -0.591. The number of aliphatic hydroxyl groups is 16. The molecule has 23 nitrogen and oxygen atoms in total. The molecule has 16 N–H and O–H groups in total. The van der Waals surface area contributed by atoms with Gasteiger partial charge in [0.2, 0.25) is 6.29 Å². The normalized spacial score (nSPS) is 49.4. The number of hydrogen-bond acceptors (Lipinski definition) is 23. The number of rotatable bonds is 13. The average molecular weight is 957 g/mol. The van der Waals surface area contributed by atoms with Gasteiger partial charge in [-0.05, 0) is 86.5 Å². The highest BCUT2D eigenvalue weighted by Crippen LogP contribution is 2.73. The molecule has 0 aromatic rings. The molecule has 7 rings (SSSR count). The quantitative estimate of drug-likeness (QED) is 0.0464. The topological polar surface area (TPSA) is 396 Å². The maximum Gasteiger partial charge on any atom is 0.314 e. The highest BCUT2D eigenvalue weighted by atomic mass is 16.8. The third-order valence-electron chi connectivity index (χ3n) is 16.1. The lowest BCUT2D eigenvalue weighted by atomic mass is 9.41. The van der Waals surface area contributed by atoms with Crippen molar-refractivity contribution in [2.75, 3.05) is 33.0 Å². The van der Waals surface area contributed by atoms with Crippen LogP contribution in [0.5, 0.6) is 0 Å². The van der Waals surface area contributed by atoms with Crippen LogP contribution in [0.3, 0.4) is 0 Å². The number of esters is 1. The summed E-state index contributed by atoms with van der Waals surface area (Å²) in [7, 11) is 0. The Morgan fingerprint density at radius 1 is 0.652 bits per heavy atom. The van der Waals surface area contributed by atoms with E-state index in [1.165, 1.54) is 0 Å². The van der Waals surface area contributed by atoms with E-state index in [1.54, 1.807) is 0 Å². The molecule has 3 heterocycles. The van der Waals surface area contributed by atoms with E-state index in [0.717, 1.165) is 18.4 Å². The molecule has 4 saturated carbocycles. The first-order valence-corrected chi connectivity index (χ1v) is 22.8. The lowest BCUT2D eigenvalue weighted by Crippen LogP contribution is -2.65. The van der Waals surface area contributed by atoms with Crippen LogP contribution in [0.1, 0.15) is 71.6 Å². The van der Waals surface area contributed by atoms with Crippen molar-refractivity contribution in [2.45, 2.75) is 188 Å². The van der Waals surface area contributed by atoms with Gasteiger partial charge in [0.05, 0.1) is 44.1 Å². The zero-order valence-electron chi connectivity index (χ0n) is 37.2. The molecule has 0 amide bonds. The minimum atomic E-state index is -1.81. The second-order valence-electron chi connectivity index (χ2n) is 20.0. The molecule has 7 aliphatic rings. The van der Waals surface area contributed by atoms with Crippen LogP contribution in [-0.2, 0) is 33.2 Å². The molecule has 66 heavy (non-hydrogen) atoms. The van der Waals surface area contributed by atoms with Crippen LogP contribution in [0, 0.1) is 28.1 Å². The summed E-state index contributed by atoms with van der Waals surface area (Å²) in [5, 5.41) is 157. The second-order valence-corrected chi connectivity index (χ2v) is 20.0. The molecule has 0 aromatic heterocycles. The van der Waals surface area contributed by atoms with Crippen molar-refractivity contribution in [1.29, 1.82) is 0 Å². The number of hydrogen-bond donors (Lipinski definition) is 16. The van der Waals surface area contributed by atoms with Gasteiger partial charge in [-0.15, -0.1) is 0 Å². The lowest BCUT2D eigenvalue weighted by molar-refractivity contribution is -0.378. The number of ether oxygens (including phenoxy) is 6. The van der Waals surface area contributed by atoms with Crippen molar-refractivity contribution in [3.63, 3.8) is 0 Å². The third-order valence-corrected chi connectivity index (χ3v) is 16.1. The van der Waals surface area contributed by atoms with Crippen molar-refractivity contribution in [1.82, 2.24) is 0 Å². The molecule has 382 valence electrons. The summed E-state index contributed by atoms with van der Waals surface area (Å²) in [6.45, 7) is 5.24. The first-order chi connectivity index (χ1) is 31.0. The molecule has 3 aliphatic heterocycles. The average Bonchev–Trinajstić information content (AvgIpc) is 3.50. The summed E-state index contributed by atoms with van der Waals surface area (Å²) < 4.78 is 35.6. The van der Waals surface area contributed by atoms with E-state index in [4.69, 9.17) is 54.0 Å². The maximum absolute atomic E-state index is 14.1. The molecule has 1 spiro atoms. The zero-order chi connectivity index (χ0) is 48.8. The monoisotopic (exact) mass is 956 g/mol. The van der Waals surface area contributed by atoms with Gasteiger partial charge >= 0.3 is 5.97 Å². The maximum atomic E-state index is 14.1. The minimum absolute atomic E-state index is 0.121. The Hall–Kier alpha value is -1.63. The molecule has 0 radical (unpaired) electrons. The molecule has 7 fully saturated rings. The van der Waals surface area contributed by atoms with Crippen molar-refractivity contribution < 1.29 is 115 Å². The van der Waals surface area contributed by atoms with E-state index in [0.29, 0.717) is 44.9 Å². The smallest absolute Gasteiger partial charge is 0.314 e. The molecular weight excluding hydrogens is 884 g/mol. The Bertz CT molecular complexity index is 1630. The molecule has 4 aliphatic carbocycles. The number of aliphatic hydroxyl groups excluding tert-OH is 16. The molecule has 23 heteroatoms. The van der Waals surface area contributed by atoms with Gasteiger partial charge in [-0.25, -0.2) is 0 Å². The standard InChI is InChI=1S/C38H60O18.C5H12O5/c1-16-11-37-9-5-20-35(2,7-4-8-36(20,3)34(50)55-32-29(49)26(46)23(43)18(13-40)52-32)21(37)6-10-38(16,15-37)56-33-30(27(47)24(44)19(14-41)53-33)54-31-28(48)25(45)22(42)17(12-39)51-31;6-1-3(8)5(10)4(9)2-7/h17-33,39-49H,1,4-15H2,2-3H3;3-10H,1-2H2/t17-,18-,19-,20+,21+,22-,23-,24-,25+,26+,27+,28-,29-,30-,31+,32+,33+,35-,36-,37-,38+;3-,4+,5?/m1./s1. The third kappa shape index (κ3) is 9.61. The zero-order valence-corrected chi connectivity index (χ0v) is 37.2. The Morgan fingerprint density at radius 3 is 1.70 bits per heavy atom. The first-order valence-electron chi connectivity index (χ1n) is 22.8. The van der Waals surface area contributed by atoms with Crippen LogP contribution in [0.15, 0.2) is 12.2 Å². The van der Waals surface area contributed by atoms with Crippen molar-refractivity contribution in [3.05, 3.63) is 12.2 Å². The molecule has 1 unspecified atom stereocenters. The lowest BCUT2D eigenvalue weighted by Gasteiger charge is -2.64. The summed E-state index contributed by atoms with van der Waals surface area (Å²) >= 11 is 0. The fraction of sp³-hybridized carbons (Fsp3) is 0.930. The van der Waals surface area contributed by atoms with Gasteiger partial charge < -0.3 is 110 Å². The van der Waals surface area contributed by atoms with E-state index < -0.39 is 160 Å². The van der Waals surface area contributed by atoms with Crippen molar-refractivity contribution >= 4 is 5.97 Å². The van der Waals surface area contributed by atoms with E-state index in [9.17, 15) is 61.0 Å². The Balaban J connectivity index is 0.000000645. The highest BCUT2D eigenvalue weighted by Gasteiger charge is 2.69. The molecule has 0 aromatic carbocycles. The van der Waals surface area contributed by atoms with Gasteiger partial charge in [0, 0.05) is 0 Å². The summed E-state index contributed by atoms with van der Waals surface area (Å²) in [6.07, 6.45) is -22.1. The number of carbonyl (C=O) groups is 1. The van der Waals surface area contributed by atoms with Gasteiger partial charge in [-0.3, -0.25) is 4.79 Å². The minimum Gasteiger partial charge on any atom is -0.432 e. The Kier molecular flexibility index (Phi) is 17.1. The largest absolute Gasteiger partial charge is 0.432 e. The van der Waals surface area contributed by atoms with E-state index in [1.807, 2.05) is 6.92 Å². The summed E-state index contributed by atoms with van der Waals surface area (Å²) in [4.78, 5) is 14.1. The first kappa shape index (κ1) is 53.7. The van der Waals surface area contributed by atoms with Crippen LogP contribution < -0.4 is 0 Å². The van der Waals surface area contributed by atoms with Gasteiger partial charge in [-0.2, -0.15) is 0 Å². The molecule has 3 saturated heterocycles. The van der Waals surface area contributed by atoms with Gasteiger partial charge in [0.25, 0.3) is 0 Å². The molecule has 24 atom stereocenters. The van der Waals surface area contributed by atoms with E-state index in [2.05, 4.69) is 13.5 Å². The van der Waals surface area contributed by atoms with Gasteiger partial charge in [0.15, 0.2) is 12.6 Å². The van der Waals surface area contributed by atoms with Crippen molar-refractivity contribution in [2.24, 2.45) is 28.1 Å². The Labute approximate surface area is 381 Å². The van der Waals surface area contributed by atoms with Crippen LogP contribution in [-0.4, -0.2) is 237 Å². The van der Waals surface area contributed by atoms with Crippen LogP contribution in [0.4, 0.5) is 0 Å². The predicted molar refractivity (Wildman–Crippen MR) is 219 cm³/mol. The van der Waals surface area contributed by atoms with E-state index in [-0.39, 0.29) is 22.7 Å². The molecule has 2 bridgehead atoms. The molecular formula is C43H72O23. The Morgan fingerprint density at radius 2 is 1.15 bits per heavy atom.